The number of hydrogen-bond donors (Lipinski definition) is 1. The summed E-state index contributed by atoms with van der Waals surface area (Å²) >= 11 is 0. The Labute approximate surface area is 332 Å². The van der Waals surface area contributed by atoms with Gasteiger partial charge in [0, 0.05) is 18.2 Å². The van der Waals surface area contributed by atoms with Gasteiger partial charge in [0.05, 0.1) is 20.8 Å². The van der Waals surface area contributed by atoms with Crippen molar-refractivity contribution in [2.45, 2.75) is 51.2 Å². The van der Waals surface area contributed by atoms with Crippen molar-refractivity contribution < 1.29 is 32.5 Å². The second-order valence-electron chi connectivity index (χ2n) is 13.8. The predicted molar refractivity (Wildman–Crippen MR) is 218 cm³/mol. The van der Waals surface area contributed by atoms with Gasteiger partial charge in [0.15, 0.2) is 0 Å². The molecule has 5 aromatic carbocycles. The van der Waals surface area contributed by atoms with Gasteiger partial charge in [-0.3, -0.25) is 18.9 Å². The minimum Gasteiger partial charge on any atom is -0.497 e. The van der Waals surface area contributed by atoms with E-state index in [0.717, 1.165) is 27.8 Å². The lowest BCUT2D eigenvalue weighted by Gasteiger charge is -2.37. The van der Waals surface area contributed by atoms with Crippen LogP contribution in [0.3, 0.4) is 0 Å². The Morgan fingerprint density at radius 3 is 1.68 bits per heavy atom. The van der Waals surface area contributed by atoms with Gasteiger partial charge in [0.2, 0.25) is 0 Å². The summed E-state index contributed by atoms with van der Waals surface area (Å²) in [7, 11) is 1.19. The number of hydrogen-bond acceptors (Lipinski definition) is 9. The van der Waals surface area contributed by atoms with Crippen molar-refractivity contribution in [1.29, 1.82) is 0 Å². The van der Waals surface area contributed by atoms with Crippen molar-refractivity contribution >= 4 is 8.60 Å². The van der Waals surface area contributed by atoms with E-state index in [1.165, 1.54) is 10.8 Å². The Bertz CT molecular complexity index is 2250. The molecular weight excluding hydrogens is 743 g/mol. The van der Waals surface area contributed by atoms with Gasteiger partial charge in [-0.05, 0) is 86.0 Å². The van der Waals surface area contributed by atoms with E-state index in [4.69, 9.17) is 32.5 Å². The van der Waals surface area contributed by atoms with Crippen LogP contribution in [0, 0.1) is 20.8 Å². The molecule has 1 aromatic heterocycles. The number of rotatable bonds is 15. The Morgan fingerprint density at radius 1 is 0.684 bits per heavy atom. The molecule has 1 aliphatic heterocycles. The van der Waals surface area contributed by atoms with Gasteiger partial charge in [0.1, 0.15) is 47.0 Å². The molecule has 0 radical (unpaired) electrons. The molecule has 6 aromatic rings. The Kier molecular flexibility index (Phi) is 12.2. The second kappa shape index (κ2) is 17.6. The van der Waals surface area contributed by atoms with E-state index in [1.54, 1.807) is 21.1 Å². The Morgan fingerprint density at radius 2 is 1.18 bits per heavy atom. The molecule has 0 aliphatic carbocycles. The van der Waals surface area contributed by atoms with Crippen LogP contribution in [0.5, 0.6) is 23.0 Å². The van der Waals surface area contributed by atoms with Gasteiger partial charge in [-0.1, -0.05) is 90.0 Å². The van der Waals surface area contributed by atoms with Gasteiger partial charge >= 0.3 is 14.3 Å². The number of H-pyrrole nitrogens is 1. The highest BCUT2D eigenvalue weighted by Gasteiger charge is 2.45. The molecule has 11 nitrogen and oxygen atoms in total. The maximum absolute atomic E-state index is 13.2. The van der Waals surface area contributed by atoms with E-state index in [2.05, 4.69) is 4.98 Å². The average Bonchev–Trinajstić information content (AvgIpc) is 3.63. The zero-order valence-corrected chi connectivity index (χ0v) is 33.3. The molecule has 12 heteroatoms. The summed E-state index contributed by atoms with van der Waals surface area (Å²) < 4.78 is 45.9. The van der Waals surface area contributed by atoms with Gasteiger partial charge in [-0.2, -0.15) is 0 Å². The molecule has 57 heavy (non-hydrogen) atoms. The zero-order valence-electron chi connectivity index (χ0n) is 32.4. The maximum atomic E-state index is 13.2. The molecule has 0 bridgehead atoms. The molecule has 0 amide bonds. The summed E-state index contributed by atoms with van der Waals surface area (Å²) in [4.78, 5) is 28.0. The van der Waals surface area contributed by atoms with E-state index < -0.39 is 43.9 Å². The number of ether oxygens (including phenoxy) is 4. The predicted octanol–water partition coefficient (Wildman–Crippen LogP) is 8.55. The molecule has 0 spiro atoms. The van der Waals surface area contributed by atoms with Gasteiger partial charge < -0.3 is 28.0 Å². The van der Waals surface area contributed by atoms with Crippen LogP contribution in [-0.4, -0.2) is 42.6 Å². The number of aromatic amines is 1. The molecule has 1 aliphatic rings. The first-order chi connectivity index (χ1) is 27.6. The minimum atomic E-state index is -2.07. The summed E-state index contributed by atoms with van der Waals surface area (Å²) in [5.41, 5.74) is 2.85. The summed E-state index contributed by atoms with van der Waals surface area (Å²) in [5, 5.41) is 0. The second-order valence-corrected chi connectivity index (χ2v) is 14.9. The van der Waals surface area contributed by atoms with Crippen LogP contribution in [0.4, 0.5) is 0 Å². The quantitative estimate of drug-likeness (QED) is 0.0807. The minimum absolute atomic E-state index is 0.00341. The van der Waals surface area contributed by atoms with Gasteiger partial charge in [-0.25, -0.2) is 4.79 Å². The van der Waals surface area contributed by atoms with Gasteiger partial charge in [0.25, 0.3) is 5.56 Å². The number of nitrogens with zero attached hydrogens (tertiary/aromatic N) is 1. The molecule has 7 rings (SSSR count). The van der Waals surface area contributed by atoms with Crippen LogP contribution >= 0.6 is 8.60 Å². The lowest BCUT2D eigenvalue weighted by atomic mass is 9.80. The molecule has 1 saturated heterocycles. The summed E-state index contributed by atoms with van der Waals surface area (Å²) in [6, 6.07) is 40.7. The van der Waals surface area contributed by atoms with E-state index in [-0.39, 0.29) is 13.0 Å². The van der Waals surface area contributed by atoms with Crippen molar-refractivity contribution in [3.05, 3.63) is 188 Å². The van der Waals surface area contributed by atoms with Crippen LogP contribution in [0.2, 0.25) is 0 Å². The number of benzene rings is 5. The maximum Gasteiger partial charge on any atom is 0.463 e. The smallest absolute Gasteiger partial charge is 0.463 e. The van der Waals surface area contributed by atoms with Crippen LogP contribution in [-0.2, 0) is 19.6 Å². The third kappa shape index (κ3) is 8.98. The van der Waals surface area contributed by atoms with Crippen molar-refractivity contribution in [2.24, 2.45) is 0 Å². The molecule has 3 atom stereocenters. The van der Waals surface area contributed by atoms with E-state index >= 15 is 0 Å². The Balaban J connectivity index is 1.29. The monoisotopic (exact) mass is 788 g/mol. The SMILES string of the molecule is COc1ccc(C(OC[C@H]2O[C@@H](n3cc(C)c(=O)[nH]c3=O)C[C@@H]2OP(Oc2ccc(C)cc2)Oc2ccc(C)cc2)(c2ccccc2)c2ccc(OC)cc2)cc1. The fourth-order valence-electron chi connectivity index (χ4n) is 6.76. The average molecular weight is 789 g/mol. The summed E-state index contributed by atoms with van der Waals surface area (Å²) in [6.07, 6.45) is -0.534. The number of aryl methyl sites for hydroxylation is 3. The van der Waals surface area contributed by atoms with E-state index in [1.807, 2.05) is 141 Å². The highest BCUT2D eigenvalue weighted by Crippen LogP contribution is 2.48. The number of nitrogens with one attached hydrogen (secondary N) is 1. The molecule has 0 unspecified atom stereocenters. The van der Waals surface area contributed by atoms with Crippen LogP contribution in [0.1, 0.15) is 46.0 Å². The first kappa shape index (κ1) is 39.5. The van der Waals surface area contributed by atoms with Crippen molar-refractivity contribution in [1.82, 2.24) is 9.55 Å². The first-order valence-electron chi connectivity index (χ1n) is 18.6. The molecule has 1 N–H and O–H groups in total. The lowest BCUT2D eigenvalue weighted by molar-refractivity contribution is -0.0921. The fourth-order valence-corrected chi connectivity index (χ4v) is 7.91. The topological polar surface area (TPSA) is 119 Å². The number of aromatic nitrogens is 2. The van der Waals surface area contributed by atoms with Crippen molar-refractivity contribution in [2.75, 3.05) is 20.8 Å². The normalized spacial score (nSPS) is 16.7. The molecule has 294 valence electrons. The van der Waals surface area contributed by atoms with E-state index in [0.29, 0.717) is 28.6 Å². The van der Waals surface area contributed by atoms with Crippen LogP contribution in [0.25, 0.3) is 0 Å². The Hall–Kier alpha value is -5.71. The first-order valence-corrected chi connectivity index (χ1v) is 19.7. The molecule has 2 heterocycles. The highest BCUT2D eigenvalue weighted by molar-refractivity contribution is 7.42. The van der Waals surface area contributed by atoms with Crippen LogP contribution < -0.4 is 29.8 Å². The number of methoxy groups -OCH3 is 2. The van der Waals surface area contributed by atoms with Crippen molar-refractivity contribution in [3.8, 4) is 23.0 Å². The van der Waals surface area contributed by atoms with Gasteiger partial charge in [-0.15, -0.1) is 0 Å². The largest absolute Gasteiger partial charge is 0.497 e. The summed E-state index contributed by atoms with van der Waals surface area (Å²) in [5.74, 6) is 2.53. The van der Waals surface area contributed by atoms with E-state index in [9.17, 15) is 9.59 Å². The summed E-state index contributed by atoms with van der Waals surface area (Å²) in [6.45, 7) is 5.64. The highest BCUT2D eigenvalue weighted by atomic mass is 31.2. The fraction of sp³-hybridized carbons (Fsp3) is 0.244. The molecule has 1 fully saturated rings. The standard InChI is InChI=1S/C45H45N2O9P/c1-30-11-19-38(20-12-30)54-57(55-39-21-13-31(2)14-22-39)56-40-27-42(47-28-32(3)43(48)46-44(47)49)53-41(40)29-52-45(33-9-7-6-8-10-33,34-15-23-36(50-4)24-16-34)35-17-25-37(51-5)26-18-35/h6-26,28,40-42H,27,29H2,1-5H3,(H,46,48,49)/t40-,41+,42+/m0/s1. The molecular formula is C45H45N2O9P. The third-order valence-electron chi connectivity index (χ3n) is 9.90. The zero-order chi connectivity index (χ0) is 39.9. The van der Waals surface area contributed by atoms with Crippen LogP contribution in [0.15, 0.2) is 143 Å². The third-order valence-corrected chi connectivity index (χ3v) is 11.1. The molecule has 0 saturated carbocycles. The lowest BCUT2D eigenvalue weighted by Crippen LogP contribution is -2.38. The van der Waals surface area contributed by atoms with Crippen molar-refractivity contribution in [3.63, 3.8) is 0 Å².